The van der Waals surface area contributed by atoms with E-state index in [1.807, 2.05) is 0 Å². The third-order valence-electron chi connectivity index (χ3n) is 4.30. The molecule has 1 aliphatic heterocycles. The van der Waals surface area contributed by atoms with Crippen LogP contribution in [0.2, 0.25) is 0 Å². The number of ether oxygens (including phenoxy) is 2. The van der Waals surface area contributed by atoms with Crippen molar-refractivity contribution in [2.75, 3.05) is 25.6 Å². The van der Waals surface area contributed by atoms with Crippen LogP contribution in [0.1, 0.15) is 35.3 Å². The van der Waals surface area contributed by atoms with Crippen LogP contribution in [0.25, 0.3) is 11.4 Å². The molecule has 0 aliphatic carbocycles. The number of nitrogens with one attached hydrogen (secondary N) is 1. The number of anilines is 1. The van der Waals surface area contributed by atoms with Gasteiger partial charge < -0.3 is 20.3 Å². The Bertz CT molecular complexity index is 992. The minimum absolute atomic E-state index is 0.0167. The van der Waals surface area contributed by atoms with Gasteiger partial charge in [-0.1, -0.05) is 12.1 Å². The molecule has 2 heterocycles. The van der Waals surface area contributed by atoms with Crippen LogP contribution < -0.4 is 16.0 Å². The molecular formula is C20H23N5O5. The van der Waals surface area contributed by atoms with E-state index in [4.69, 9.17) is 20.0 Å². The van der Waals surface area contributed by atoms with Crippen LogP contribution in [0.5, 0.6) is 5.88 Å². The number of nitriles is 1. The summed E-state index contributed by atoms with van der Waals surface area (Å²) in [5, 5.41) is 19.0. The molecule has 30 heavy (non-hydrogen) atoms. The molecule has 1 aromatic carbocycles. The Morgan fingerprint density at radius 3 is 2.77 bits per heavy atom. The largest absolute Gasteiger partial charge is 0.469 e. The van der Waals surface area contributed by atoms with Gasteiger partial charge in [-0.3, -0.25) is 9.63 Å². The number of aromatic nitrogens is 2. The summed E-state index contributed by atoms with van der Waals surface area (Å²) in [6, 6.07) is 7.27. The van der Waals surface area contributed by atoms with Gasteiger partial charge in [-0.25, -0.2) is 10.5 Å². The number of hydrogen-bond donors (Lipinski definition) is 3. The molecule has 10 nitrogen and oxygen atoms in total. The van der Waals surface area contributed by atoms with Crippen molar-refractivity contribution in [3.8, 4) is 23.3 Å². The van der Waals surface area contributed by atoms with Gasteiger partial charge in [0.05, 0.1) is 30.4 Å². The number of hydroxylamine groups is 1. The molecule has 1 aromatic heterocycles. The Kier molecular flexibility index (Phi) is 6.17. The Balaban J connectivity index is 1.97. The molecule has 1 aliphatic rings. The molecule has 10 heteroatoms. The molecule has 2 aromatic rings. The predicted octanol–water partition coefficient (Wildman–Crippen LogP) is 1.12. The number of rotatable bonds is 7. The van der Waals surface area contributed by atoms with E-state index in [1.54, 1.807) is 25.1 Å². The van der Waals surface area contributed by atoms with Crippen LogP contribution in [0.3, 0.4) is 0 Å². The molecule has 158 valence electrons. The normalized spacial score (nSPS) is 14.0. The van der Waals surface area contributed by atoms with Gasteiger partial charge in [0, 0.05) is 5.56 Å². The fraction of sp³-hybridized carbons (Fsp3) is 0.400. The fourth-order valence-corrected chi connectivity index (χ4v) is 2.64. The zero-order chi connectivity index (χ0) is 21.9. The van der Waals surface area contributed by atoms with Gasteiger partial charge in [-0.2, -0.15) is 10.2 Å². The van der Waals surface area contributed by atoms with Crippen molar-refractivity contribution in [3.63, 3.8) is 0 Å². The molecule has 4 N–H and O–H groups in total. The molecule has 0 spiro atoms. The fourth-order valence-electron chi connectivity index (χ4n) is 2.64. The Morgan fingerprint density at radius 2 is 2.17 bits per heavy atom. The van der Waals surface area contributed by atoms with Gasteiger partial charge in [0.2, 0.25) is 5.88 Å². The third-order valence-corrected chi connectivity index (χ3v) is 4.30. The summed E-state index contributed by atoms with van der Waals surface area (Å²) >= 11 is 0. The molecule has 0 radical (unpaired) electrons. The highest BCUT2D eigenvalue weighted by Crippen LogP contribution is 2.30. The first kappa shape index (κ1) is 21.4. The summed E-state index contributed by atoms with van der Waals surface area (Å²) in [5.74, 6) is -0.606. The number of aliphatic hydroxyl groups is 1. The maximum Gasteiger partial charge on any atom is 0.284 e. The summed E-state index contributed by atoms with van der Waals surface area (Å²) in [6.45, 7) is 5.43. The van der Waals surface area contributed by atoms with E-state index in [2.05, 4.69) is 21.5 Å². The first-order chi connectivity index (χ1) is 14.2. The van der Waals surface area contributed by atoms with Crippen LogP contribution in [0.15, 0.2) is 18.2 Å². The van der Waals surface area contributed by atoms with Crippen LogP contribution in [0.4, 0.5) is 5.82 Å². The number of hydrogen-bond acceptors (Lipinski definition) is 9. The number of carbonyl (C=O) groups excluding carboxylic acids is 1. The molecule has 0 bridgehead atoms. The molecule has 0 atom stereocenters. The first-order valence-corrected chi connectivity index (χ1v) is 9.26. The highest BCUT2D eigenvalue weighted by atomic mass is 16.7. The number of benzene rings is 1. The smallest absolute Gasteiger partial charge is 0.284 e. The SMILES string of the molecule is Cc1c(C#N)cccc1-c1nc(N)c(C(=O)NOCC(C)(C)O)c(OC2COC2)n1. The van der Waals surface area contributed by atoms with Crippen LogP contribution >= 0.6 is 0 Å². The van der Waals surface area contributed by atoms with Crippen molar-refractivity contribution in [3.05, 3.63) is 34.9 Å². The lowest BCUT2D eigenvalue weighted by Gasteiger charge is -2.27. The number of nitrogen functional groups attached to an aromatic ring is 1. The number of nitrogens with two attached hydrogens (primary N) is 1. The van der Waals surface area contributed by atoms with Crippen LogP contribution in [-0.4, -0.2) is 52.5 Å². The van der Waals surface area contributed by atoms with Crippen molar-refractivity contribution in [1.29, 1.82) is 5.26 Å². The van der Waals surface area contributed by atoms with E-state index in [0.29, 0.717) is 29.9 Å². The maximum absolute atomic E-state index is 12.6. The number of carbonyl (C=O) groups is 1. The Hall–Kier alpha value is -3.26. The topological polar surface area (TPSA) is 153 Å². The molecule has 1 fully saturated rings. The molecule has 3 rings (SSSR count). The number of nitrogens with zero attached hydrogens (tertiary/aromatic N) is 3. The minimum Gasteiger partial charge on any atom is -0.469 e. The van der Waals surface area contributed by atoms with E-state index in [0.717, 1.165) is 0 Å². The maximum atomic E-state index is 12.6. The van der Waals surface area contributed by atoms with Crippen LogP contribution in [-0.2, 0) is 9.57 Å². The molecule has 1 saturated heterocycles. The molecule has 0 unspecified atom stereocenters. The van der Waals surface area contributed by atoms with E-state index in [1.165, 1.54) is 13.8 Å². The zero-order valence-electron chi connectivity index (χ0n) is 16.9. The summed E-state index contributed by atoms with van der Waals surface area (Å²) in [7, 11) is 0. The van der Waals surface area contributed by atoms with Crippen molar-refractivity contribution in [2.45, 2.75) is 32.5 Å². The van der Waals surface area contributed by atoms with Crippen molar-refractivity contribution in [2.24, 2.45) is 0 Å². The monoisotopic (exact) mass is 413 g/mol. The average molecular weight is 413 g/mol. The second-order valence-electron chi connectivity index (χ2n) is 7.51. The first-order valence-electron chi connectivity index (χ1n) is 9.26. The lowest BCUT2D eigenvalue weighted by atomic mass is 10.0. The summed E-state index contributed by atoms with van der Waals surface area (Å²) in [6.07, 6.45) is -0.275. The van der Waals surface area contributed by atoms with Gasteiger partial charge >= 0.3 is 0 Å². The lowest BCUT2D eigenvalue weighted by Crippen LogP contribution is -2.40. The van der Waals surface area contributed by atoms with E-state index in [-0.39, 0.29) is 35.8 Å². The van der Waals surface area contributed by atoms with Crippen molar-refractivity contribution in [1.82, 2.24) is 15.4 Å². The van der Waals surface area contributed by atoms with E-state index in [9.17, 15) is 15.2 Å². The summed E-state index contributed by atoms with van der Waals surface area (Å²) in [5.41, 5.74) is 8.84. The van der Waals surface area contributed by atoms with E-state index >= 15 is 0 Å². The molecule has 0 saturated carbocycles. The van der Waals surface area contributed by atoms with Crippen molar-refractivity contribution >= 4 is 11.7 Å². The average Bonchev–Trinajstić information content (AvgIpc) is 2.63. The van der Waals surface area contributed by atoms with Crippen LogP contribution in [0, 0.1) is 18.3 Å². The van der Waals surface area contributed by atoms with Gasteiger partial charge in [-0.05, 0) is 32.4 Å². The highest BCUT2D eigenvalue weighted by molar-refractivity contribution is 6.00. The van der Waals surface area contributed by atoms with Crippen molar-refractivity contribution < 1.29 is 24.2 Å². The predicted molar refractivity (Wildman–Crippen MR) is 106 cm³/mol. The van der Waals surface area contributed by atoms with Gasteiger partial charge in [0.15, 0.2) is 5.82 Å². The van der Waals surface area contributed by atoms with Gasteiger partial charge in [0.1, 0.15) is 24.1 Å². The minimum atomic E-state index is -1.13. The second kappa shape index (κ2) is 8.62. The third kappa shape index (κ3) is 4.83. The summed E-state index contributed by atoms with van der Waals surface area (Å²) in [4.78, 5) is 26.3. The second-order valence-corrected chi connectivity index (χ2v) is 7.51. The highest BCUT2D eigenvalue weighted by Gasteiger charge is 2.28. The molecular weight excluding hydrogens is 390 g/mol. The Labute approximate surface area is 173 Å². The zero-order valence-corrected chi connectivity index (χ0v) is 16.9. The quantitative estimate of drug-likeness (QED) is 0.567. The van der Waals surface area contributed by atoms with Gasteiger partial charge in [-0.15, -0.1) is 0 Å². The summed E-state index contributed by atoms with van der Waals surface area (Å²) < 4.78 is 10.9. The molecule has 1 amide bonds. The van der Waals surface area contributed by atoms with Gasteiger partial charge in [0.25, 0.3) is 5.91 Å². The number of amides is 1. The standard InChI is InChI=1S/C20H23N5O5/c1-11-12(7-21)5-4-6-14(11)17-23-16(22)15(18(26)25-29-10-20(2,3)27)19(24-17)30-13-8-28-9-13/h4-6,13,27H,8-10H2,1-3H3,(H,25,26)(H2,22,23,24). The van der Waals surface area contributed by atoms with E-state index < -0.39 is 11.5 Å². The lowest BCUT2D eigenvalue weighted by molar-refractivity contribution is -0.0817. The Morgan fingerprint density at radius 1 is 1.43 bits per heavy atom.